The minimum Gasteiger partial charge on any atom is -0.354 e. The molecule has 4 nitrogen and oxygen atoms in total. The zero-order chi connectivity index (χ0) is 53.5. The van der Waals surface area contributed by atoms with Gasteiger partial charge in [-0.3, -0.25) is 0 Å². The highest BCUT2D eigenvalue weighted by molar-refractivity contribution is 6.00. The van der Waals surface area contributed by atoms with Gasteiger partial charge in [0.25, 0.3) is 0 Å². The summed E-state index contributed by atoms with van der Waals surface area (Å²) < 4.78 is 0. The summed E-state index contributed by atoms with van der Waals surface area (Å²) in [5, 5.41) is 0. The molecule has 2 aliphatic rings. The molecule has 80 heavy (non-hydrogen) atoms. The van der Waals surface area contributed by atoms with Crippen LogP contribution >= 0.6 is 0 Å². The molecule has 2 aliphatic heterocycles. The molecule has 0 spiro atoms. The molecule has 4 heteroatoms. The summed E-state index contributed by atoms with van der Waals surface area (Å²) in [7, 11) is 0. The lowest BCUT2D eigenvalue weighted by molar-refractivity contribution is 1.31. The van der Waals surface area contributed by atoms with Gasteiger partial charge in [0, 0.05) is 44.3 Å². The average molecular weight is 1020 g/mol. The highest BCUT2D eigenvalue weighted by Gasteiger charge is 2.19. The van der Waals surface area contributed by atoms with Crippen molar-refractivity contribution >= 4 is 95.0 Å². The third-order valence-electron chi connectivity index (χ3n) is 14.6. The molecule has 0 amide bonds. The molecule has 0 radical (unpaired) electrons. The Morgan fingerprint density at radius 1 is 0.200 bits per heavy atom. The summed E-state index contributed by atoms with van der Waals surface area (Å²) in [6, 6.07) is 85.5. The van der Waals surface area contributed by atoms with Crippen LogP contribution in [0.5, 0.6) is 0 Å². The minimum absolute atomic E-state index is 0.859. The predicted molar refractivity (Wildman–Crippen MR) is 342 cm³/mol. The van der Waals surface area contributed by atoms with Crippen LogP contribution in [0.25, 0.3) is 139 Å². The van der Waals surface area contributed by atoms with E-state index in [0.29, 0.717) is 0 Å². The van der Waals surface area contributed by atoms with Crippen molar-refractivity contribution in [3.05, 3.63) is 310 Å². The van der Waals surface area contributed by atoms with Crippen molar-refractivity contribution in [1.29, 1.82) is 0 Å². The van der Waals surface area contributed by atoms with Gasteiger partial charge in [-0.15, -0.1) is 0 Å². The van der Waals surface area contributed by atoms with E-state index in [-0.39, 0.29) is 0 Å². The lowest BCUT2D eigenvalue weighted by atomic mass is 10.0. The Bertz CT molecular complexity index is 3800. The summed E-state index contributed by atoms with van der Waals surface area (Å²) in [5.41, 5.74) is 24.5. The fourth-order valence-corrected chi connectivity index (χ4v) is 10.5. The molecular formula is C76H54N4. The van der Waals surface area contributed by atoms with E-state index in [1.165, 1.54) is 0 Å². The molecule has 11 aromatic rings. The highest BCUT2D eigenvalue weighted by atomic mass is 14.8. The highest BCUT2D eigenvalue weighted by Crippen LogP contribution is 2.39. The normalized spacial score (nSPS) is 12.2. The number of nitrogens with one attached hydrogen (secondary N) is 2. The number of aromatic amines is 2. The second kappa shape index (κ2) is 22.5. The molecule has 5 heterocycles. The molecule has 0 atom stereocenters. The fourth-order valence-electron chi connectivity index (χ4n) is 10.5. The summed E-state index contributed by atoms with van der Waals surface area (Å²) >= 11 is 0. The summed E-state index contributed by atoms with van der Waals surface area (Å²) in [4.78, 5) is 19.1. The van der Waals surface area contributed by atoms with E-state index in [9.17, 15) is 0 Å². The SMILES string of the molecule is C1=Cc2nc1c(-c1ccc(/C=C/c3ccccc3)cc1)c1ccc([nH]1)c(-c1ccc(/C=C/c3ccccc3)cc1)c1nc(c(-c3ccc(/C=C/c4ccccc4)cc3)c3ccc([nH]3)c2-c2ccc(/C=C/c3ccccc3)cc2)C=C1. The van der Waals surface area contributed by atoms with E-state index in [2.05, 4.69) is 301 Å². The Balaban J connectivity index is 1.03. The van der Waals surface area contributed by atoms with Crippen molar-refractivity contribution in [2.24, 2.45) is 0 Å². The summed E-state index contributed by atoms with van der Waals surface area (Å²) in [5.74, 6) is 0. The number of benzene rings is 8. The first-order chi connectivity index (χ1) is 39.6. The Morgan fingerprint density at radius 2 is 0.388 bits per heavy atom. The second-order valence-corrected chi connectivity index (χ2v) is 20.0. The molecule has 3 aromatic heterocycles. The van der Waals surface area contributed by atoms with Crippen molar-refractivity contribution in [3.63, 3.8) is 0 Å². The van der Waals surface area contributed by atoms with Crippen LogP contribution in [0.15, 0.2) is 243 Å². The number of H-pyrrole nitrogens is 2. The summed E-state index contributed by atoms with van der Waals surface area (Å²) in [6.45, 7) is 0. The van der Waals surface area contributed by atoms with Crippen LogP contribution in [0.2, 0.25) is 0 Å². The first-order valence-corrected chi connectivity index (χ1v) is 27.1. The van der Waals surface area contributed by atoms with E-state index in [1.807, 2.05) is 24.3 Å². The Kier molecular flexibility index (Phi) is 13.8. The Labute approximate surface area is 466 Å². The number of nitrogens with zero attached hydrogens (tertiary/aromatic N) is 2. The molecule has 13 rings (SSSR count). The zero-order valence-electron chi connectivity index (χ0n) is 43.9. The van der Waals surface area contributed by atoms with Crippen LogP contribution in [0.1, 0.15) is 67.3 Å². The Hall–Kier alpha value is -10.7. The fraction of sp³-hybridized carbons (Fsp3) is 0. The van der Waals surface area contributed by atoms with Gasteiger partial charge in [-0.1, -0.05) is 267 Å². The lowest BCUT2D eigenvalue weighted by Gasteiger charge is -2.08. The smallest absolute Gasteiger partial charge is 0.0737 e. The molecule has 378 valence electrons. The quantitative estimate of drug-likeness (QED) is 0.120. The second-order valence-electron chi connectivity index (χ2n) is 20.0. The molecule has 0 saturated heterocycles. The maximum absolute atomic E-state index is 5.60. The average Bonchev–Trinajstić information content (AvgIpc) is 4.40. The van der Waals surface area contributed by atoms with Crippen LogP contribution in [0.4, 0.5) is 0 Å². The van der Waals surface area contributed by atoms with Crippen LogP contribution in [-0.4, -0.2) is 19.9 Å². The topological polar surface area (TPSA) is 57.4 Å². The lowest BCUT2D eigenvalue weighted by Crippen LogP contribution is -1.90. The van der Waals surface area contributed by atoms with Crippen LogP contribution < -0.4 is 0 Å². The van der Waals surface area contributed by atoms with Crippen molar-refractivity contribution in [1.82, 2.24) is 19.9 Å². The number of fused-ring (bicyclic) bond motifs is 8. The first-order valence-electron chi connectivity index (χ1n) is 27.1. The van der Waals surface area contributed by atoms with Gasteiger partial charge >= 0.3 is 0 Å². The van der Waals surface area contributed by atoms with Gasteiger partial charge in [0.2, 0.25) is 0 Å². The predicted octanol–water partition coefficient (Wildman–Crippen LogP) is 20.0. The van der Waals surface area contributed by atoms with Crippen LogP contribution in [-0.2, 0) is 0 Å². The van der Waals surface area contributed by atoms with Crippen molar-refractivity contribution < 1.29 is 0 Å². The standard InChI is InChI=1S/C76H54N4/c1-5-13-53(14-6-1)21-25-57-29-37-61(38-30-57)73-65-45-47-67(77-65)74(62-39-31-58(32-40-62)26-22-54-15-7-2-8-16-54)69-49-51-71(79-69)76(64-43-35-60(36-44-64)28-24-56-19-11-4-12-20-56)72-52-50-70(80-72)75(68-48-46-66(73)78-68)63-41-33-59(34-42-63)27-23-55-17-9-3-10-18-55/h1-52,77,80H/b25-21+,26-22+,27-23+,28-24+,73-65?,73-66?,74-67?,74-69?,75-68?,75-70?,76-71?,76-72?. The first kappa shape index (κ1) is 48.9. The molecule has 0 aliphatic carbocycles. The third-order valence-corrected chi connectivity index (χ3v) is 14.6. The van der Waals surface area contributed by atoms with E-state index in [0.717, 1.165) is 134 Å². The monoisotopic (exact) mass is 1020 g/mol. The van der Waals surface area contributed by atoms with E-state index >= 15 is 0 Å². The van der Waals surface area contributed by atoms with Gasteiger partial charge in [-0.05, 0) is 115 Å². The van der Waals surface area contributed by atoms with Gasteiger partial charge in [0.15, 0.2) is 0 Å². The summed E-state index contributed by atoms with van der Waals surface area (Å²) in [6.07, 6.45) is 25.9. The van der Waals surface area contributed by atoms with E-state index in [1.54, 1.807) is 0 Å². The van der Waals surface area contributed by atoms with Crippen LogP contribution in [0, 0.1) is 0 Å². The molecule has 8 bridgehead atoms. The van der Waals surface area contributed by atoms with Gasteiger partial charge in [-0.25, -0.2) is 9.97 Å². The van der Waals surface area contributed by atoms with E-state index < -0.39 is 0 Å². The van der Waals surface area contributed by atoms with Crippen molar-refractivity contribution in [2.45, 2.75) is 0 Å². The molecule has 0 unspecified atom stereocenters. The largest absolute Gasteiger partial charge is 0.354 e. The van der Waals surface area contributed by atoms with Gasteiger partial charge in [-0.2, -0.15) is 0 Å². The molecule has 2 N–H and O–H groups in total. The molecule has 0 saturated carbocycles. The zero-order valence-corrected chi connectivity index (χ0v) is 43.9. The molecular weight excluding hydrogens is 969 g/mol. The minimum atomic E-state index is 0.859. The van der Waals surface area contributed by atoms with E-state index in [4.69, 9.17) is 9.97 Å². The molecule has 0 fully saturated rings. The van der Waals surface area contributed by atoms with Gasteiger partial charge in [0.05, 0.1) is 22.8 Å². The maximum atomic E-state index is 5.60. The Morgan fingerprint density at radius 3 is 0.588 bits per heavy atom. The van der Waals surface area contributed by atoms with Gasteiger partial charge < -0.3 is 9.97 Å². The number of aromatic nitrogens is 4. The number of rotatable bonds is 12. The maximum Gasteiger partial charge on any atom is 0.0737 e. The third kappa shape index (κ3) is 10.8. The molecule has 8 aromatic carbocycles. The number of hydrogen-bond acceptors (Lipinski definition) is 2. The van der Waals surface area contributed by atoms with Crippen molar-refractivity contribution in [2.75, 3.05) is 0 Å². The van der Waals surface area contributed by atoms with Crippen LogP contribution in [0.3, 0.4) is 0 Å². The van der Waals surface area contributed by atoms with Gasteiger partial charge in [0.1, 0.15) is 0 Å². The number of hydrogen-bond donors (Lipinski definition) is 2. The van der Waals surface area contributed by atoms with Crippen molar-refractivity contribution in [3.8, 4) is 44.5 Å².